The molecule has 3 aromatic carbocycles. The van der Waals surface area contributed by atoms with Crippen molar-refractivity contribution in [3.05, 3.63) is 97.9 Å². The molecule has 0 unspecified atom stereocenters. The number of amides is 1. The Morgan fingerprint density at radius 3 is 2.69 bits per heavy atom. The summed E-state index contributed by atoms with van der Waals surface area (Å²) < 4.78 is 25.2. The molecule has 2 N–H and O–H groups in total. The topological polar surface area (TPSA) is 115 Å². The van der Waals surface area contributed by atoms with Crippen LogP contribution in [0.25, 0.3) is 10.9 Å². The van der Waals surface area contributed by atoms with Gasteiger partial charge < -0.3 is 19.8 Å². The molecule has 0 spiro atoms. The molecular formula is C24H18ClFN4O5. The van der Waals surface area contributed by atoms with Gasteiger partial charge in [0.15, 0.2) is 18.1 Å². The maximum Gasteiger partial charge on any atom is 0.349 e. The highest BCUT2D eigenvalue weighted by Gasteiger charge is 2.15. The molecule has 178 valence electrons. The van der Waals surface area contributed by atoms with Crippen LogP contribution in [0.2, 0.25) is 5.02 Å². The molecule has 1 amide bonds. The van der Waals surface area contributed by atoms with Crippen LogP contribution in [-0.2, 0) is 4.79 Å². The quantitative estimate of drug-likeness (QED) is 0.381. The first-order chi connectivity index (χ1) is 16.9. The van der Waals surface area contributed by atoms with Crippen molar-refractivity contribution in [1.82, 2.24) is 9.66 Å². The van der Waals surface area contributed by atoms with Gasteiger partial charge >= 0.3 is 5.69 Å². The van der Waals surface area contributed by atoms with E-state index in [0.29, 0.717) is 21.1 Å². The minimum absolute atomic E-state index is 0.0182. The Kier molecular flexibility index (Phi) is 6.93. The van der Waals surface area contributed by atoms with Crippen LogP contribution >= 0.6 is 11.6 Å². The summed E-state index contributed by atoms with van der Waals surface area (Å²) in [7, 11) is 1.37. The lowest BCUT2D eigenvalue weighted by atomic mass is 10.2. The predicted molar refractivity (Wildman–Crippen MR) is 130 cm³/mol. The molecule has 1 aromatic heterocycles. The number of halogens is 2. The lowest BCUT2D eigenvalue weighted by Gasteiger charge is -2.13. The van der Waals surface area contributed by atoms with Crippen LogP contribution < -0.4 is 26.0 Å². The summed E-state index contributed by atoms with van der Waals surface area (Å²) in [4.78, 5) is 39.6. The fourth-order valence-corrected chi connectivity index (χ4v) is 3.50. The number of methoxy groups -OCH3 is 1. The first-order valence-electron chi connectivity index (χ1n) is 10.2. The number of rotatable bonds is 7. The third-order valence-electron chi connectivity index (χ3n) is 4.85. The highest BCUT2D eigenvalue weighted by atomic mass is 35.5. The average Bonchev–Trinajstić information content (AvgIpc) is 2.84. The van der Waals surface area contributed by atoms with Gasteiger partial charge in [0.25, 0.3) is 11.5 Å². The number of H-pyrrole nitrogens is 1. The third kappa shape index (κ3) is 5.22. The molecule has 4 aromatic rings. The largest absolute Gasteiger partial charge is 0.493 e. The third-order valence-corrected chi connectivity index (χ3v) is 5.13. The zero-order valence-electron chi connectivity index (χ0n) is 18.2. The van der Waals surface area contributed by atoms with Gasteiger partial charge in [0.1, 0.15) is 5.82 Å². The molecule has 0 saturated heterocycles. The summed E-state index contributed by atoms with van der Waals surface area (Å²) >= 11 is 6.31. The lowest BCUT2D eigenvalue weighted by Crippen LogP contribution is -2.32. The molecule has 0 bridgehead atoms. The van der Waals surface area contributed by atoms with Gasteiger partial charge in [-0.1, -0.05) is 35.9 Å². The number of anilines is 1. The fraction of sp³-hybridized carbons (Fsp3) is 0.0833. The van der Waals surface area contributed by atoms with E-state index in [1.54, 1.807) is 30.3 Å². The molecular weight excluding hydrogens is 479 g/mol. The van der Waals surface area contributed by atoms with Crippen molar-refractivity contribution in [2.24, 2.45) is 5.10 Å². The molecule has 9 nitrogen and oxygen atoms in total. The van der Waals surface area contributed by atoms with Crippen molar-refractivity contribution in [2.75, 3.05) is 19.0 Å². The number of nitrogens with one attached hydrogen (secondary N) is 2. The van der Waals surface area contributed by atoms with Gasteiger partial charge in [-0.25, -0.2) is 9.18 Å². The number of para-hydroxylation sites is 2. The Hall–Kier alpha value is -4.44. The van der Waals surface area contributed by atoms with E-state index in [4.69, 9.17) is 21.1 Å². The van der Waals surface area contributed by atoms with Gasteiger partial charge in [-0.3, -0.25) is 9.59 Å². The van der Waals surface area contributed by atoms with Gasteiger partial charge in [-0.05, 0) is 42.0 Å². The van der Waals surface area contributed by atoms with Gasteiger partial charge in [-0.15, -0.1) is 4.68 Å². The molecule has 0 aliphatic heterocycles. The number of aromatic amines is 1. The molecule has 35 heavy (non-hydrogen) atoms. The standard InChI is InChI=1S/C24H18ClFN4O5/c1-34-20-11-14(12-27-30-23(32)15-6-2-4-8-18(15)29-24(30)33)10-16(25)22(20)35-13-21(31)28-19-9-5-3-7-17(19)26/h2-12H,13H2,1H3,(H,28,31)(H,29,33). The van der Waals surface area contributed by atoms with Crippen molar-refractivity contribution in [3.63, 3.8) is 0 Å². The van der Waals surface area contributed by atoms with E-state index >= 15 is 0 Å². The van der Waals surface area contributed by atoms with E-state index in [0.717, 1.165) is 0 Å². The Labute approximate surface area is 202 Å². The van der Waals surface area contributed by atoms with Crippen molar-refractivity contribution >= 4 is 40.3 Å². The van der Waals surface area contributed by atoms with Crippen LogP contribution in [0.3, 0.4) is 0 Å². The van der Waals surface area contributed by atoms with E-state index < -0.39 is 29.6 Å². The van der Waals surface area contributed by atoms with Gasteiger partial charge in [-0.2, -0.15) is 5.10 Å². The highest BCUT2D eigenvalue weighted by Crippen LogP contribution is 2.36. The smallest absolute Gasteiger partial charge is 0.349 e. The van der Waals surface area contributed by atoms with E-state index in [1.165, 1.54) is 43.7 Å². The Bertz CT molecular complexity index is 1560. The second-order valence-electron chi connectivity index (χ2n) is 7.19. The lowest BCUT2D eigenvalue weighted by molar-refractivity contribution is -0.118. The molecule has 0 saturated carbocycles. The SMILES string of the molecule is COc1cc(C=Nn2c(=O)[nH]c3ccccc3c2=O)cc(Cl)c1OCC(=O)Nc1ccccc1F. The Morgan fingerprint density at radius 1 is 1.17 bits per heavy atom. The van der Waals surface area contributed by atoms with Crippen molar-refractivity contribution in [3.8, 4) is 11.5 Å². The fourth-order valence-electron chi connectivity index (χ4n) is 3.22. The van der Waals surface area contributed by atoms with Crippen molar-refractivity contribution in [2.45, 2.75) is 0 Å². The summed E-state index contributed by atoms with van der Waals surface area (Å²) in [5.41, 5.74) is -0.471. The molecule has 0 radical (unpaired) electrons. The summed E-state index contributed by atoms with van der Waals surface area (Å²) in [6.07, 6.45) is 1.26. The Morgan fingerprint density at radius 2 is 1.91 bits per heavy atom. The van der Waals surface area contributed by atoms with Crippen LogP contribution in [0, 0.1) is 5.82 Å². The van der Waals surface area contributed by atoms with Crippen LogP contribution in [0.1, 0.15) is 5.56 Å². The zero-order chi connectivity index (χ0) is 24.9. The van der Waals surface area contributed by atoms with Crippen molar-refractivity contribution in [1.29, 1.82) is 0 Å². The maximum absolute atomic E-state index is 13.7. The number of nitrogens with zero attached hydrogens (tertiary/aromatic N) is 2. The van der Waals surface area contributed by atoms with E-state index in [1.807, 2.05) is 0 Å². The number of hydrogen-bond acceptors (Lipinski definition) is 6. The molecule has 1 heterocycles. The first-order valence-corrected chi connectivity index (χ1v) is 10.6. The number of carbonyl (C=O) groups is 1. The summed E-state index contributed by atoms with van der Waals surface area (Å²) in [5.74, 6) is -0.925. The Balaban J connectivity index is 1.54. The number of hydrogen-bond donors (Lipinski definition) is 2. The molecule has 0 fully saturated rings. The summed E-state index contributed by atoms with van der Waals surface area (Å²) in [6.45, 7) is -0.459. The van der Waals surface area contributed by atoms with Gasteiger partial charge in [0.05, 0.1) is 34.9 Å². The second-order valence-corrected chi connectivity index (χ2v) is 7.60. The number of carbonyl (C=O) groups excluding carboxylic acids is 1. The zero-order valence-corrected chi connectivity index (χ0v) is 19.0. The average molecular weight is 497 g/mol. The van der Waals surface area contributed by atoms with Gasteiger partial charge in [0, 0.05) is 0 Å². The number of fused-ring (bicyclic) bond motifs is 1. The van der Waals surface area contributed by atoms with E-state index in [9.17, 15) is 18.8 Å². The first kappa shape index (κ1) is 23.7. The maximum atomic E-state index is 13.7. The molecule has 0 atom stereocenters. The van der Waals surface area contributed by atoms with Crippen molar-refractivity contribution < 1.29 is 18.7 Å². The van der Waals surface area contributed by atoms with Crippen LogP contribution in [0.4, 0.5) is 10.1 Å². The molecule has 4 rings (SSSR count). The van der Waals surface area contributed by atoms with Crippen LogP contribution in [0.15, 0.2) is 75.4 Å². The van der Waals surface area contributed by atoms with Crippen LogP contribution in [-0.4, -0.2) is 35.5 Å². The van der Waals surface area contributed by atoms with E-state index in [2.05, 4.69) is 15.4 Å². The predicted octanol–water partition coefficient (Wildman–Crippen LogP) is 3.39. The summed E-state index contributed by atoms with van der Waals surface area (Å²) in [6, 6.07) is 15.3. The number of aromatic nitrogens is 2. The molecule has 0 aliphatic carbocycles. The highest BCUT2D eigenvalue weighted by molar-refractivity contribution is 6.32. The minimum Gasteiger partial charge on any atom is -0.493 e. The number of benzene rings is 3. The van der Waals surface area contributed by atoms with E-state index in [-0.39, 0.29) is 22.2 Å². The van der Waals surface area contributed by atoms with Gasteiger partial charge in [0.2, 0.25) is 0 Å². The monoisotopic (exact) mass is 496 g/mol. The minimum atomic E-state index is -0.705. The number of ether oxygens (including phenoxy) is 2. The van der Waals surface area contributed by atoms with Crippen LogP contribution in [0.5, 0.6) is 11.5 Å². The molecule has 11 heteroatoms. The molecule has 0 aliphatic rings. The summed E-state index contributed by atoms with van der Waals surface area (Å²) in [5, 5.41) is 6.77. The second kappa shape index (κ2) is 10.2. The normalized spacial score (nSPS) is 11.1.